The first-order chi connectivity index (χ1) is 6.99. The van der Waals surface area contributed by atoms with Crippen LogP contribution in [0.2, 0.25) is 0 Å². The highest BCUT2D eigenvalue weighted by Gasteiger charge is 2.22. The molecule has 0 saturated carbocycles. The maximum atomic E-state index is 11.2. The van der Waals surface area contributed by atoms with Crippen LogP contribution in [0.3, 0.4) is 0 Å². The molecule has 1 unspecified atom stereocenters. The van der Waals surface area contributed by atoms with Crippen molar-refractivity contribution in [2.24, 2.45) is 5.92 Å². The van der Waals surface area contributed by atoms with Gasteiger partial charge in [-0.1, -0.05) is 19.8 Å². The SMILES string of the molecule is C#CCNCC(=O)NC(C(=O)O)C(C)C. The molecule has 1 atom stereocenters. The largest absolute Gasteiger partial charge is 0.480 e. The number of carbonyl (C=O) groups excluding carboxylic acids is 1. The van der Waals surface area contributed by atoms with Crippen molar-refractivity contribution >= 4 is 11.9 Å². The minimum Gasteiger partial charge on any atom is -0.480 e. The number of carbonyl (C=O) groups is 2. The molecule has 5 heteroatoms. The number of carboxylic acid groups (broad SMARTS) is 1. The Bertz CT molecular complexity index is 268. The number of hydrogen-bond acceptors (Lipinski definition) is 3. The van der Waals surface area contributed by atoms with Gasteiger partial charge in [0, 0.05) is 0 Å². The van der Waals surface area contributed by atoms with E-state index in [-0.39, 0.29) is 24.9 Å². The highest BCUT2D eigenvalue weighted by Crippen LogP contribution is 2.00. The molecule has 0 bridgehead atoms. The van der Waals surface area contributed by atoms with Crippen LogP contribution in [0.4, 0.5) is 0 Å². The van der Waals surface area contributed by atoms with Gasteiger partial charge in [0.25, 0.3) is 0 Å². The third kappa shape index (κ3) is 5.70. The van der Waals surface area contributed by atoms with Gasteiger partial charge in [-0.05, 0) is 5.92 Å². The van der Waals surface area contributed by atoms with Gasteiger partial charge < -0.3 is 10.4 Å². The van der Waals surface area contributed by atoms with Crippen molar-refractivity contribution in [3.8, 4) is 12.3 Å². The molecule has 0 aromatic heterocycles. The summed E-state index contributed by atoms with van der Waals surface area (Å²) in [5, 5.41) is 13.9. The molecule has 0 aromatic carbocycles. The summed E-state index contributed by atoms with van der Waals surface area (Å²) >= 11 is 0. The van der Waals surface area contributed by atoms with Crippen molar-refractivity contribution in [2.45, 2.75) is 19.9 Å². The normalized spacial score (nSPS) is 11.9. The molecule has 84 valence electrons. The van der Waals surface area contributed by atoms with Gasteiger partial charge in [0.05, 0.1) is 13.1 Å². The summed E-state index contributed by atoms with van der Waals surface area (Å²) in [6, 6.07) is -0.856. The maximum absolute atomic E-state index is 11.2. The summed E-state index contributed by atoms with van der Waals surface area (Å²) in [5.41, 5.74) is 0. The molecule has 0 aliphatic carbocycles. The van der Waals surface area contributed by atoms with E-state index in [2.05, 4.69) is 16.6 Å². The Morgan fingerprint density at radius 3 is 2.47 bits per heavy atom. The lowest BCUT2D eigenvalue weighted by atomic mass is 10.1. The fourth-order valence-corrected chi connectivity index (χ4v) is 0.986. The van der Waals surface area contributed by atoms with Crippen molar-refractivity contribution in [3.05, 3.63) is 0 Å². The average molecular weight is 212 g/mol. The van der Waals surface area contributed by atoms with E-state index in [1.54, 1.807) is 13.8 Å². The summed E-state index contributed by atoms with van der Waals surface area (Å²) in [5.74, 6) is 0.760. The fourth-order valence-electron chi connectivity index (χ4n) is 0.986. The number of nitrogens with one attached hydrogen (secondary N) is 2. The van der Waals surface area contributed by atoms with E-state index in [0.29, 0.717) is 0 Å². The van der Waals surface area contributed by atoms with Gasteiger partial charge in [-0.2, -0.15) is 0 Å². The Labute approximate surface area is 89.2 Å². The van der Waals surface area contributed by atoms with Crippen LogP contribution >= 0.6 is 0 Å². The number of hydrogen-bond donors (Lipinski definition) is 3. The predicted octanol–water partition coefficient (Wildman–Crippen LogP) is -0.565. The molecule has 0 aliphatic heterocycles. The molecule has 0 aromatic rings. The molecule has 0 radical (unpaired) electrons. The highest BCUT2D eigenvalue weighted by molar-refractivity contribution is 5.84. The van der Waals surface area contributed by atoms with E-state index in [1.165, 1.54) is 0 Å². The van der Waals surface area contributed by atoms with E-state index >= 15 is 0 Å². The third-order valence-electron chi connectivity index (χ3n) is 1.76. The molecule has 1 amide bonds. The first kappa shape index (κ1) is 13.5. The summed E-state index contributed by atoms with van der Waals surface area (Å²) in [4.78, 5) is 22.0. The van der Waals surface area contributed by atoms with Gasteiger partial charge in [-0.25, -0.2) is 4.79 Å². The predicted molar refractivity (Wildman–Crippen MR) is 56.1 cm³/mol. The Morgan fingerprint density at radius 1 is 1.47 bits per heavy atom. The third-order valence-corrected chi connectivity index (χ3v) is 1.76. The zero-order valence-electron chi connectivity index (χ0n) is 8.91. The second kappa shape index (κ2) is 6.85. The smallest absolute Gasteiger partial charge is 0.326 e. The van der Waals surface area contributed by atoms with E-state index in [9.17, 15) is 9.59 Å². The van der Waals surface area contributed by atoms with Crippen molar-refractivity contribution in [1.82, 2.24) is 10.6 Å². The Morgan fingerprint density at radius 2 is 2.07 bits per heavy atom. The monoisotopic (exact) mass is 212 g/mol. The van der Waals surface area contributed by atoms with Crippen LogP contribution in [-0.4, -0.2) is 36.1 Å². The van der Waals surface area contributed by atoms with Crippen molar-refractivity contribution in [1.29, 1.82) is 0 Å². The number of rotatable bonds is 6. The second-order valence-corrected chi connectivity index (χ2v) is 3.44. The fraction of sp³-hybridized carbons (Fsp3) is 0.600. The lowest BCUT2D eigenvalue weighted by Crippen LogP contribution is -2.47. The first-order valence-corrected chi connectivity index (χ1v) is 4.65. The van der Waals surface area contributed by atoms with E-state index in [1.807, 2.05) is 0 Å². The zero-order chi connectivity index (χ0) is 11.8. The van der Waals surface area contributed by atoms with Gasteiger partial charge in [-0.3, -0.25) is 10.1 Å². The number of terminal acetylenes is 1. The first-order valence-electron chi connectivity index (χ1n) is 4.65. The quantitative estimate of drug-likeness (QED) is 0.407. The van der Waals surface area contributed by atoms with Crippen LogP contribution in [0.5, 0.6) is 0 Å². The molecule has 3 N–H and O–H groups in total. The highest BCUT2D eigenvalue weighted by atomic mass is 16.4. The van der Waals surface area contributed by atoms with Crippen LogP contribution < -0.4 is 10.6 Å². The van der Waals surface area contributed by atoms with Gasteiger partial charge in [0.15, 0.2) is 0 Å². The minimum absolute atomic E-state index is 0.0285. The molecule has 5 nitrogen and oxygen atoms in total. The molecular weight excluding hydrogens is 196 g/mol. The number of aliphatic carboxylic acids is 1. The Hall–Kier alpha value is -1.54. The molecule has 0 rings (SSSR count). The second-order valence-electron chi connectivity index (χ2n) is 3.44. The summed E-state index contributed by atoms with van der Waals surface area (Å²) in [6.07, 6.45) is 4.97. The molecule has 0 saturated heterocycles. The van der Waals surface area contributed by atoms with Gasteiger partial charge in [0.1, 0.15) is 6.04 Å². The zero-order valence-corrected chi connectivity index (χ0v) is 8.91. The lowest BCUT2D eigenvalue weighted by Gasteiger charge is -2.17. The molecule has 0 spiro atoms. The summed E-state index contributed by atoms with van der Waals surface area (Å²) < 4.78 is 0. The van der Waals surface area contributed by atoms with Crippen LogP contribution in [0.1, 0.15) is 13.8 Å². The topological polar surface area (TPSA) is 78.4 Å². The van der Waals surface area contributed by atoms with Crippen LogP contribution in [0.25, 0.3) is 0 Å². The Balaban J connectivity index is 4.02. The van der Waals surface area contributed by atoms with Crippen molar-refractivity contribution in [3.63, 3.8) is 0 Å². The molecular formula is C10H16N2O3. The van der Waals surface area contributed by atoms with Crippen molar-refractivity contribution in [2.75, 3.05) is 13.1 Å². The maximum Gasteiger partial charge on any atom is 0.326 e. The molecule has 0 fully saturated rings. The summed E-state index contributed by atoms with van der Waals surface area (Å²) in [7, 11) is 0. The molecule has 0 heterocycles. The van der Waals surface area contributed by atoms with Crippen LogP contribution in [-0.2, 0) is 9.59 Å². The number of carboxylic acids is 1. The van der Waals surface area contributed by atoms with Crippen molar-refractivity contribution < 1.29 is 14.7 Å². The Kier molecular flexibility index (Phi) is 6.14. The molecule has 0 aliphatic rings. The van der Waals surface area contributed by atoms with Gasteiger partial charge in [0.2, 0.25) is 5.91 Å². The lowest BCUT2D eigenvalue weighted by molar-refractivity contribution is -0.142. The van der Waals surface area contributed by atoms with Gasteiger partial charge >= 0.3 is 5.97 Å². The van der Waals surface area contributed by atoms with Crippen LogP contribution in [0, 0.1) is 18.3 Å². The van der Waals surface area contributed by atoms with Gasteiger partial charge in [-0.15, -0.1) is 6.42 Å². The standard InChI is InChI=1S/C10H16N2O3/c1-4-5-11-6-8(13)12-9(7(2)3)10(14)15/h1,7,9,11H,5-6H2,2-3H3,(H,12,13)(H,14,15). The van der Waals surface area contributed by atoms with E-state index < -0.39 is 12.0 Å². The van der Waals surface area contributed by atoms with E-state index in [4.69, 9.17) is 11.5 Å². The van der Waals surface area contributed by atoms with Crippen LogP contribution in [0.15, 0.2) is 0 Å². The summed E-state index contributed by atoms with van der Waals surface area (Å²) in [6.45, 7) is 3.77. The number of amides is 1. The average Bonchev–Trinajstić information content (AvgIpc) is 2.13. The minimum atomic E-state index is -1.03. The van der Waals surface area contributed by atoms with E-state index in [0.717, 1.165) is 0 Å². The molecule has 15 heavy (non-hydrogen) atoms.